The predicted molar refractivity (Wildman–Crippen MR) is 123 cm³/mol. The number of carbonyl (C=O) groups excluding carboxylic acids is 2. The number of nitrogens with two attached hydrogens (primary N) is 1. The number of nitrogens with zero attached hydrogens (tertiary/aromatic N) is 3. The number of hydrogen-bond acceptors (Lipinski definition) is 4. The highest BCUT2D eigenvalue weighted by Gasteiger charge is 2.42. The van der Waals surface area contributed by atoms with Gasteiger partial charge >= 0.3 is 0 Å². The van der Waals surface area contributed by atoms with Crippen LogP contribution in [0.5, 0.6) is 0 Å². The molecule has 1 aliphatic rings. The first kappa shape index (κ1) is 21.7. The molecule has 0 unspecified atom stereocenters. The third-order valence-corrected chi connectivity index (χ3v) is 6.35. The van der Waals surface area contributed by atoms with Gasteiger partial charge in [-0.05, 0) is 42.9 Å². The highest BCUT2D eigenvalue weighted by atomic mass is 16.2. The van der Waals surface area contributed by atoms with Crippen LogP contribution in [0.25, 0.3) is 11.1 Å². The molecule has 2 N–H and O–H groups in total. The second kappa shape index (κ2) is 9.30. The normalized spacial score (nSPS) is 18.3. The van der Waals surface area contributed by atoms with Crippen molar-refractivity contribution in [3.63, 3.8) is 0 Å². The Labute approximate surface area is 188 Å². The summed E-state index contributed by atoms with van der Waals surface area (Å²) in [5, 5.41) is 0. The van der Waals surface area contributed by atoms with Crippen LogP contribution in [0.2, 0.25) is 0 Å². The van der Waals surface area contributed by atoms with Gasteiger partial charge in [0.05, 0.1) is 11.8 Å². The number of benzene rings is 2. The number of aromatic nitrogens is 2. The summed E-state index contributed by atoms with van der Waals surface area (Å²) >= 11 is 0. The fourth-order valence-corrected chi connectivity index (χ4v) is 4.53. The Morgan fingerprint density at radius 2 is 1.78 bits per heavy atom. The molecule has 2 aromatic carbocycles. The van der Waals surface area contributed by atoms with Crippen molar-refractivity contribution in [2.24, 2.45) is 11.1 Å². The van der Waals surface area contributed by atoms with Crippen molar-refractivity contribution in [2.45, 2.75) is 32.6 Å². The van der Waals surface area contributed by atoms with E-state index < -0.39 is 5.41 Å². The van der Waals surface area contributed by atoms with E-state index in [-0.39, 0.29) is 11.8 Å². The number of primary amides is 1. The molecule has 3 aromatic rings. The molecule has 0 saturated carbocycles. The van der Waals surface area contributed by atoms with Crippen LogP contribution in [0, 0.1) is 12.3 Å². The number of piperidine rings is 1. The lowest BCUT2D eigenvalue weighted by Gasteiger charge is -2.41. The summed E-state index contributed by atoms with van der Waals surface area (Å²) in [4.78, 5) is 35.9. The third kappa shape index (κ3) is 4.69. The van der Waals surface area contributed by atoms with Gasteiger partial charge in [-0.1, -0.05) is 54.1 Å². The average molecular weight is 429 g/mol. The third-order valence-electron chi connectivity index (χ3n) is 6.35. The lowest BCUT2D eigenvalue weighted by Crippen LogP contribution is -2.53. The summed E-state index contributed by atoms with van der Waals surface area (Å²) in [5.74, 6) is -0.326. The maximum Gasteiger partial charge on any atom is 0.227 e. The minimum absolute atomic E-state index is 0.0314. The van der Waals surface area contributed by atoms with Gasteiger partial charge in [0.1, 0.15) is 6.33 Å². The number of aryl methyl sites for hydroxylation is 1. The van der Waals surface area contributed by atoms with Crippen LogP contribution in [0.1, 0.15) is 29.5 Å². The molecule has 0 spiro atoms. The summed E-state index contributed by atoms with van der Waals surface area (Å²) in [6.45, 7) is 3.01. The van der Waals surface area contributed by atoms with Gasteiger partial charge in [0.2, 0.25) is 11.8 Å². The van der Waals surface area contributed by atoms with Crippen molar-refractivity contribution < 1.29 is 9.59 Å². The maximum absolute atomic E-state index is 13.1. The topological polar surface area (TPSA) is 89.2 Å². The molecule has 4 rings (SSSR count). The summed E-state index contributed by atoms with van der Waals surface area (Å²) < 4.78 is 0. The van der Waals surface area contributed by atoms with E-state index in [4.69, 9.17) is 5.73 Å². The zero-order chi connectivity index (χ0) is 22.6. The van der Waals surface area contributed by atoms with E-state index in [0.29, 0.717) is 32.4 Å². The summed E-state index contributed by atoms with van der Waals surface area (Å²) in [7, 11) is 0. The molecular formula is C26H28N4O2. The largest absolute Gasteiger partial charge is 0.369 e. The molecular weight excluding hydrogens is 400 g/mol. The second-order valence-corrected chi connectivity index (χ2v) is 8.69. The molecule has 6 heteroatoms. The first-order chi connectivity index (χ1) is 15.5. The Balaban J connectivity index is 1.57. The lowest BCUT2D eigenvalue weighted by molar-refractivity contribution is -0.139. The fraction of sp³-hybridized carbons (Fsp3) is 0.308. The molecule has 6 nitrogen and oxygen atoms in total. The zero-order valence-corrected chi connectivity index (χ0v) is 18.3. The van der Waals surface area contributed by atoms with E-state index in [1.807, 2.05) is 60.4 Å². The molecule has 0 bridgehead atoms. The van der Waals surface area contributed by atoms with Crippen LogP contribution in [-0.4, -0.2) is 39.8 Å². The molecule has 32 heavy (non-hydrogen) atoms. The zero-order valence-electron chi connectivity index (χ0n) is 18.3. The van der Waals surface area contributed by atoms with Crippen molar-refractivity contribution in [3.8, 4) is 11.1 Å². The molecule has 0 aliphatic carbocycles. The highest BCUT2D eigenvalue weighted by molar-refractivity contribution is 5.84. The first-order valence-corrected chi connectivity index (χ1v) is 10.9. The van der Waals surface area contributed by atoms with Gasteiger partial charge < -0.3 is 10.6 Å². The summed E-state index contributed by atoms with van der Waals surface area (Å²) in [6, 6.07) is 15.9. The van der Waals surface area contributed by atoms with E-state index in [0.717, 1.165) is 34.2 Å². The summed E-state index contributed by atoms with van der Waals surface area (Å²) in [5.41, 5.74) is 10.2. The highest BCUT2D eigenvalue weighted by Crippen LogP contribution is 2.36. The smallest absolute Gasteiger partial charge is 0.227 e. The van der Waals surface area contributed by atoms with E-state index in [1.165, 1.54) is 6.33 Å². The number of rotatable bonds is 6. The molecule has 2 heterocycles. The van der Waals surface area contributed by atoms with Crippen molar-refractivity contribution in [2.75, 3.05) is 13.1 Å². The quantitative estimate of drug-likeness (QED) is 0.652. The van der Waals surface area contributed by atoms with E-state index in [2.05, 4.69) is 9.97 Å². The van der Waals surface area contributed by atoms with Crippen LogP contribution in [0.4, 0.5) is 0 Å². The summed E-state index contributed by atoms with van der Waals surface area (Å²) in [6.07, 6.45) is 7.24. The van der Waals surface area contributed by atoms with Crippen molar-refractivity contribution in [1.29, 1.82) is 0 Å². The van der Waals surface area contributed by atoms with Gasteiger partial charge in [0, 0.05) is 31.0 Å². The van der Waals surface area contributed by atoms with Crippen molar-refractivity contribution >= 4 is 11.8 Å². The van der Waals surface area contributed by atoms with E-state index >= 15 is 0 Å². The Morgan fingerprint density at radius 1 is 1.06 bits per heavy atom. The van der Waals surface area contributed by atoms with Crippen LogP contribution >= 0.6 is 0 Å². The number of carbonyl (C=O) groups is 2. The first-order valence-electron chi connectivity index (χ1n) is 10.9. The van der Waals surface area contributed by atoms with Crippen LogP contribution in [0.15, 0.2) is 67.3 Å². The standard InChI is InChI=1S/C26H28N4O2/c1-19-7-9-20(10-8-19)13-24(31)30-12-4-11-26(17-30,25(27)32)14-21-5-2-3-6-23(21)22-15-28-18-29-16-22/h2-3,5-10,15-16,18H,4,11-14,17H2,1H3,(H2,27,32)/t26-/m0/s1. The van der Waals surface area contributed by atoms with Crippen LogP contribution in [-0.2, 0) is 22.4 Å². The number of likely N-dealkylation sites (tertiary alicyclic amines) is 1. The monoisotopic (exact) mass is 428 g/mol. The molecule has 1 aromatic heterocycles. The number of hydrogen-bond donors (Lipinski definition) is 1. The van der Waals surface area contributed by atoms with Gasteiger partial charge in [-0.3, -0.25) is 9.59 Å². The van der Waals surface area contributed by atoms with Gasteiger partial charge in [-0.25, -0.2) is 9.97 Å². The molecule has 1 fully saturated rings. The molecule has 2 amide bonds. The molecule has 1 saturated heterocycles. The fourth-order valence-electron chi connectivity index (χ4n) is 4.53. The van der Waals surface area contributed by atoms with Gasteiger partial charge in [0.25, 0.3) is 0 Å². The Morgan fingerprint density at radius 3 is 2.50 bits per heavy atom. The SMILES string of the molecule is Cc1ccc(CC(=O)N2CCC[C@@](Cc3ccccc3-c3cncnc3)(C(N)=O)C2)cc1. The van der Waals surface area contributed by atoms with Crippen molar-refractivity contribution in [1.82, 2.24) is 14.9 Å². The van der Waals surface area contributed by atoms with Gasteiger partial charge in [-0.15, -0.1) is 0 Å². The predicted octanol–water partition coefficient (Wildman–Crippen LogP) is 3.33. The number of amides is 2. The second-order valence-electron chi connectivity index (χ2n) is 8.69. The van der Waals surface area contributed by atoms with Crippen LogP contribution < -0.4 is 5.73 Å². The van der Waals surface area contributed by atoms with Crippen molar-refractivity contribution in [3.05, 3.63) is 83.9 Å². The Kier molecular flexibility index (Phi) is 6.30. The molecule has 1 atom stereocenters. The molecule has 1 aliphatic heterocycles. The average Bonchev–Trinajstić information content (AvgIpc) is 2.81. The van der Waals surface area contributed by atoms with Crippen LogP contribution in [0.3, 0.4) is 0 Å². The lowest BCUT2D eigenvalue weighted by atomic mass is 9.73. The van der Waals surface area contributed by atoms with Gasteiger partial charge in [-0.2, -0.15) is 0 Å². The Bertz CT molecular complexity index is 1100. The molecule has 0 radical (unpaired) electrons. The van der Waals surface area contributed by atoms with E-state index in [1.54, 1.807) is 12.4 Å². The molecule has 164 valence electrons. The minimum Gasteiger partial charge on any atom is -0.369 e. The maximum atomic E-state index is 13.1. The van der Waals surface area contributed by atoms with Gasteiger partial charge in [0.15, 0.2) is 0 Å². The minimum atomic E-state index is -0.799. The van der Waals surface area contributed by atoms with E-state index in [9.17, 15) is 9.59 Å². The Hall–Kier alpha value is -3.54.